The minimum absolute atomic E-state index is 0.804. The molecule has 0 radical (unpaired) electrons. The molecule has 116 valence electrons. The van der Waals surface area contributed by atoms with Gasteiger partial charge < -0.3 is 15.0 Å². The van der Waals surface area contributed by atoms with E-state index in [9.17, 15) is 0 Å². The first kappa shape index (κ1) is 14.9. The summed E-state index contributed by atoms with van der Waals surface area (Å²) in [7, 11) is 0. The van der Waals surface area contributed by atoms with Gasteiger partial charge in [0, 0.05) is 42.9 Å². The van der Waals surface area contributed by atoms with Gasteiger partial charge in [-0.3, -0.25) is 4.98 Å². The maximum Gasteiger partial charge on any atom is 0.0642 e. The molecule has 4 nitrogen and oxygen atoms in total. The van der Waals surface area contributed by atoms with E-state index in [1.54, 1.807) is 0 Å². The molecule has 1 aliphatic rings. The van der Waals surface area contributed by atoms with E-state index in [4.69, 9.17) is 4.74 Å². The Morgan fingerprint density at radius 3 is 2.77 bits per heavy atom. The normalized spacial score (nSPS) is 14.9. The van der Waals surface area contributed by atoms with Crippen molar-refractivity contribution in [1.29, 1.82) is 0 Å². The molecule has 3 rings (SSSR count). The van der Waals surface area contributed by atoms with Crippen LogP contribution in [0.25, 0.3) is 0 Å². The molecule has 1 aliphatic heterocycles. The van der Waals surface area contributed by atoms with Crippen LogP contribution in [-0.2, 0) is 11.3 Å². The molecule has 1 N–H and O–H groups in total. The summed E-state index contributed by atoms with van der Waals surface area (Å²) in [5, 5.41) is 3.52. The lowest BCUT2D eigenvalue weighted by molar-refractivity contribution is 0.122. The van der Waals surface area contributed by atoms with Gasteiger partial charge >= 0.3 is 0 Å². The third-order valence-corrected chi connectivity index (χ3v) is 4.20. The van der Waals surface area contributed by atoms with E-state index in [0.29, 0.717) is 0 Å². The Labute approximate surface area is 132 Å². The molecule has 0 aliphatic carbocycles. The van der Waals surface area contributed by atoms with Crippen LogP contribution in [0.3, 0.4) is 0 Å². The van der Waals surface area contributed by atoms with Gasteiger partial charge in [0.15, 0.2) is 0 Å². The van der Waals surface area contributed by atoms with Crippen LogP contribution in [0.4, 0.5) is 11.4 Å². The maximum absolute atomic E-state index is 5.42. The zero-order chi connectivity index (χ0) is 15.4. The highest BCUT2D eigenvalue weighted by Gasteiger charge is 2.11. The minimum atomic E-state index is 0.804. The highest BCUT2D eigenvalue weighted by atomic mass is 16.5. The predicted molar refractivity (Wildman–Crippen MR) is 90.5 cm³/mol. The number of nitrogens with zero attached hydrogens (tertiary/aromatic N) is 2. The van der Waals surface area contributed by atoms with Crippen LogP contribution in [0.15, 0.2) is 36.5 Å². The largest absolute Gasteiger partial charge is 0.381 e. The molecule has 0 unspecified atom stereocenters. The quantitative estimate of drug-likeness (QED) is 0.940. The SMILES string of the molecule is Cc1ccnc(C)c1CNc1cccc(N2CCOCC2)c1. The second-order valence-electron chi connectivity index (χ2n) is 5.70. The second kappa shape index (κ2) is 6.79. The van der Waals surface area contributed by atoms with Gasteiger partial charge in [-0.05, 0) is 49.2 Å². The molecular weight excluding hydrogens is 274 g/mol. The number of rotatable bonds is 4. The summed E-state index contributed by atoms with van der Waals surface area (Å²) in [5.74, 6) is 0. The van der Waals surface area contributed by atoms with E-state index >= 15 is 0 Å². The Morgan fingerprint density at radius 2 is 2.00 bits per heavy atom. The highest BCUT2D eigenvalue weighted by Crippen LogP contribution is 2.21. The smallest absolute Gasteiger partial charge is 0.0642 e. The van der Waals surface area contributed by atoms with Crippen LogP contribution in [0, 0.1) is 13.8 Å². The maximum atomic E-state index is 5.42. The number of benzene rings is 1. The van der Waals surface area contributed by atoms with E-state index in [2.05, 4.69) is 59.4 Å². The molecule has 0 atom stereocenters. The molecule has 1 aromatic carbocycles. The lowest BCUT2D eigenvalue weighted by atomic mass is 10.1. The van der Waals surface area contributed by atoms with Crippen LogP contribution < -0.4 is 10.2 Å². The molecule has 0 bridgehead atoms. The molecule has 1 aromatic heterocycles. The zero-order valence-corrected chi connectivity index (χ0v) is 13.3. The van der Waals surface area contributed by atoms with Crippen molar-refractivity contribution in [2.75, 3.05) is 36.5 Å². The molecule has 0 spiro atoms. The molecule has 4 heteroatoms. The van der Waals surface area contributed by atoms with E-state index in [1.807, 2.05) is 6.20 Å². The van der Waals surface area contributed by atoms with Crippen LogP contribution in [-0.4, -0.2) is 31.3 Å². The van der Waals surface area contributed by atoms with Gasteiger partial charge in [-0.2, -0.15) is 0 Å². The van der Waals surface area contributed by atoms with Crippen molar-refractivity contribution in [2.24, 2.45) is 0 Å². The van der Waals surface area contributed by atoms with Crippen LogP contribution in [0.5, 0.6) is 0 Å². The fourth-order valence-corrected chi connectivity index (χ4v) is 2.82. The molecule has 0 saturated carbocycles. The van der Waals surface area contributed by atoms with Crippen LogP contribution in [0.1, 0.15) is 16.8 Å². The monoisotopic (exact) mass is 297 g/mol. The fraction of sp³-hybridized carbons (Fsp3) is 0.389. The van der Waals surface area contributed by atoms with Gasteiger partial charge in [0.05, 0.1) is 13.2 Å². The number of ether oxygens (including phenoxy) is 1. The highest BCUT2D eigenvalue weighted by molar-refractivity contribution is 5.58. The van der Waals surface area contributed by atoms with E-state index in [-0.39, 0.29) is 0 Å². The second-order valence-corrected chi connectivity index (χ2v) is 5.70. The van der Waals surface area contributed by atoms with Crippen molar-refractivity contribution in [1.82, 2.24) is 4.98 Å². The number of nitrogens with one attached hydrogen (secondary N) is 1. The Bertz CT molecular complexity index is 616. The van der Waals surface area contributed by atoms with E-state index < -0.39 is 0 Å². The molecule has 1 saturated heterocycles. The van der Waals surface area contributed by atoms with Crippen molar-refractivity contribution in [3.05, 3.63) is 53.3 Å². The van der Waals surface area contributed by atoms with Gasteiger partial charge in [0.1, 0.15) is 0 Å². The van der Waals surface area contributed by atoms with Gasteiger partial charge in [-0.15, -0.1) is 0 Å². The Morgan fingerprint density at radius 1 is 1.18 bits per heavy atom. The predicted octanol–water partition coefficient (Wildman–Crippen LogP) is 3.15. The van der Waals surface area contributed by atoms with Crippen molar-refractivity contribution in [2.45, 2.75) is 20.4 Å². The minimum Gasteiger partial charge on any atom is -0.381 e. The van der Waals surface area contributed by atoms with E-state index in [0.717, 1.165) is 44.2 Å². The summed E-state index contributed by atoms with van der Waals surface area (Å²) in [6.07, 6.45) is 1.87. The molecule has 2 aromatic rings. The summed E-state index contributed by atoms with van der Waals surface area (Å²) in [6, 6.07) is 10.7. The number of hydrogen-bond acceptors (Lipinski definition) is 4. The van der Waals surface area contributed by atoms with Crippen LogP contribution in [0.2, 0.25) is 0 Å². The van der Waals surface area contributed by atoms with E-state index in [1.165, 1.54) is 16.8 Å². The molecule has 1 fully saturated rings. The zero-order valence-electron chi connectivity index (χ0n) is 13.3. The number of pyridine rings is 1. The summed E-state index contributed by atoms with van der Waals surface area (Å²) in [4.78, 5) is 6.75. The Kier molecular flexibility index (Phi) is 4.59. The summed E-state index contributed by atoms with van der Waals surface area (Å²) in [6.45, 7) is 8.55. The first-order valence-electron chi connectivity index (χ1n) is 7.82. The van der Waals surface area contributed by atoms with Gasteiger partial charge in [0.2, 0.25) is 0 Å². The molecule has 22 heavy (non-hydrogen) atoms. The van der Waals surface area contributed by atoms with Crippen molar-refractivity contribution < 1.29 is 4.74 Å². The summed E-state index contributed by atoms with van der Waals surface area (Å²) >= 11 is 0. The third kappa shape index (κ3) is 3.39. The van der Waals surface area contributed by atoms with Crippen molar-refractivity contribution >= 4 is 11.4 Å². The molecule has 0 amide bonds. The van der Waals surface area contributed by atoms with Gasteiger partial charge in [-0.1, -0.05) is 6.07 Å². The standard InChI is InChI=1S/C18H23N3O/c1-14-6-7-19-15(2)18(14)13-20-16-4-3-5-17(12-16)21-8-10-22-11-9-21/h3-7,12,20H,8-11,13H2,1-2H3. The average Bonchev–Trinajstić information content (AvgIpc) is 2.55. The fourth-order valence-electron chi connectivity index (χ4n) is 2.82. The van der Waals surface area contributed by atoms with Gasteiger partial charge in [0.25, 0.3) is 0 Å². The lowest BCUT2D eigenvalue weighted by Crippen LogP contribution is -2.36. The lowest BCUT2D eigenvalue weighted by Gasteiger charge is -2.29. The third-order valence-electron chi connectivity index (χ3n) is 4.20. The number of aromatic nitrogens is 1. The summed E-state index contributed by atoms with van der Waals surface area (Å²) < 4.78 is 5.42. The Balaban J connectivity index is 1.70. The first-order chi connectivity index (χ1) is 10.7. The van der Waals surface area contributed by atoms with Crippen LogP contribution >= 0.6 is 0 Å². The topological polar surface area (TPSA) is 37.4 Å². The number of aryl methyl sites for hydroxylation is 2. The summed E-state index contributed by atoms with van der Waals surface area (Å²) in [5.41, 5.74) is 6.06. The van der Waals surface area contributed by atoms with Gasteiger partial charge in [-0.25, -0.2) is 0 Å². The number of anilines is 2. The van der Waals surface area contributed by atoms with Crippen molar-refractivity contribution in [3.8, 4) is 0 Å². The number of hydrogen-bond donors (Lipinski definition) is 1. The molecule has 2 heterocycles. The number of morpholine rings is 1. The molecular formula is C18H23N3O. The van der Waals surface area contributed by atoms with Crippen molar-refractivity contribution in [3.63, 3.8) is 0 Å². The average molecular weight is 297 g/mol. The Hall–Kier alpha value is -2.07. The first-order valence-corrected chi connectivity index (χ1v) is 7.82.